The lowest BCUT2D eigenvalue weighted by Gasteiger charge is -2.23. The van der Waals surface area contributed by atoms with Crippen LogP contribution in [0.15, 0.2) is 22.8 Å². The van der Waals surface area contributed by atoms with Crippen LogP contribution in [0, 0.1) is 11.8 Å². The lowest BCUT2D eigenvalue weighted by molar-refractivity contribution is -0.141. The number of carboxylic acid groups (broad SMARTS) is 1. The highest BCUT2D eigenvalue weighted by Crippen LogP contribution is 2.31. The second-order valence-electron chi connectivity index (χ2n) is 5.79. The van der Waals surface area contributed by atoms with Crippen LogP contribution in [0.1, 0.15) is 31.1 Å². The number of likely N-dealkylation sites (N-methyl/N-ethyl adjacent to an activating group) is 1. The highest BCUT2D eigenvalue weighted by Gasteiger charge is 2.34. The van der Waals surface area contributed by atoms with Crippen molar-refractivity contribution in [3.05, 3.63) is 24.2 Å². The number of hydrogen-bond donors (Lipinski definition) is 2. The van der Waals surface area contributed by atoms with Gasteiger partial charge in [0.05, 0.1) is 18.2 Å². The Morgan fingerprint density at radius 3 is 2.67 bits per heavy atom. The van der Waals surface area contributed by atoms with Crippen LogP contribution in [0.5, 0.6) is 0 Å². The Hall–Kier alpha value is -1.82. The van der Waals surface area contributed by atoms with Gasteiger partial charge in [-0.1, -0.05) is 0 Å². The summed E-state index contributed by atoms with van der Waals surface area (Å²) in [7, 11) is 3.85. The van der Waals surface area contributed by atoms with E-state index in [9.17, 15) is 9.59 Å². The van der Waals surface area contributed by atoms with E-state index < -0.39 is 5.97 Å². The molecule has 1 aromatic rings. The molecule has 1 saturated carbocycles. The number of furan rings is 1. The molecule has 3 atom stereocenters. The van der Waals surface area contributed by atoms with Crippen LogP contribution < -0.4 is 5.32 Å². The fourth-order valence-corrected chi connectivity index (χ4v) is 2.80. The first kappa shape index (κ1) is 15.6. The second-order valence-corrected chi connectivity index (χ2v) is 5.79. The molecule has 1 heterocycles. The van der Waals surface area contributed by atoms with Gasteiger partial charge in [0, 0.05) is 12.5 Å². The van der Waals surface area contributed by atoms with E-state index >= 15 is 0 Å². The van der Waals surface area contributed by atoms with Gasteiger partial charge in [-0.3, -0.25) is 14.5 Å². The number of carbonyl (C=O) groups is 2. The molecule has 21 heavy (non-hydrogen) atoms. The first-order valence-electron chi connectivity index (χ1n) is 7.19. The maximum absolute atomic E-state index is 12.2. The molecule has 2 N–H and O–H groups in total. The van der Waals surface area contributed by atoms with Crippen LogP contribution in [0.3, 0.4) is 0 Å². The highest BCUT2D eigenvalue weighted by molar-refractivity contribution is 5.80. The number of nitrogens with one attached hydrogen (secondary N) is 1. The van der Waals surface area contributed by atoms with Crippen molar-refractivity contribution in [3.63, 3.8) is 0 Å². The summed E-state index contributed by atoms with van der Waals surface area (Å²) in [6.07, 6.45) is 3.29. The number of amides is 1. The molecule has 3 unspecified atom stereocenters. The molecule has 6 nitrogen and oxygen atoms in total. The van der Waals surface area contributed by atoms with Gasteiger partial charge in [0.2, 0.25) is 5.91 Å². The van der Waals surface area contributed by atoms with Crippen LogP contribution in [0.25, 0.3) is 0 Å². The molecule has 116 valence electrons. The third kappa shape index (κ3) is 3.85. The minimum absolute atomic E-state index is 0.0272. The molecule has 0 aromatic carbocycles. The van der Waals surface area contributed by atoms with Gasteiger partial charge in [-0.2, -0.15) is 0 Å². The van der Waals surface area contributed by atoms with Crippen molar-refractivity contribution in [2.45, 2.75) is 25.3 Å². The van der Waals surface area contributed by atoms with Gasteiger partial charge in [0.15, 0.2) is 0 Å². The predicted octanol–water partition coefficient (Wildman–Crippen LogP) is 1.50. The third-order valence-corrected chi connectivity index (χ3v) is 4.12. The Morgan fingerprint density at radius 1 is 1.43 bits per heavy atom. The Labute approximate surface area is 124 Å². The number of hydrogen-bond acceptors (Lipinski definition) is 4. The van der Waals surface area contributed by atoms with E-state index in [0.29, 0.717) is 25.8 Å². The summed E-state index contributed by atoms with van der Waals surface area (Å²) in [5.41, 5.74) is 0. The molecule has 0 bridgehead atoms. The molecule has 0 saturated heterocycles. The SMILES string of the molecule is CN(C)C(CNC(=O)C1CCC(C(=O)O)C1)c1ccco1. The Bertz CT molecular complexity index is 484. The summed E-state index contributed by atoms with van der Waals surface area (Å²) in [6.45, 7) is 0.452. The smallest absolute Gasteiger partial charge is 0.306 e. The van der Waals surface area contributed by atoms with E-state index in [2.05, 4.69) is 5.32 Å². The van der Waals surface area contributed by atoms with Gasteiger partial charge in [0.1, 0.15) is 5.76 Å². The largest absolute Gasteiger partial charge is 0.481 e. The van der Waals surface area contributed by atoms with Gasteiger partial charge < -0.3 is 14.8 Å². The van der Waals surface area contributed by atoms with Crippen LogP contribution in [-0.4, -0.2) is 42.5 Å². The number of rotatable bonds is 6. The van der Waals surface area contributed by atoms with E-state index in [-0.39, 0.29) is 23.8 Å². The average Bonchev–Trinajstić information content (AvgIpc) is 3.09. The Morgan fingerprint density at radius 2 is 2.14 bits per heavy atom. The fourth-order valence-electron chi connectivity index (χ4n) is 2.80. The van der Waals surface area contributed by atoms with Crippen molar-refractivity contribution < 1.29 is 19.1 Å². The quantitative estimate of drug-likeness (QED) is 0.831. The molecule has 0 aliphatic heterocycles. The van der Waals surface area contributed by atoms with E-state index in [0.717, 1.165) is 5.76 Å². The van der Waals surface area contributed by atoms with Crippen LogP contribution in [0.2, 0.25) is 0 Å². The molecule has 1 aliphatic carbocycles. The topological polar surface area (TPSA) is 82.8 Å². The normalized spacial score (nSPS) is 23.2. The minimum Gasteiger partial charge on any atom is -0.481 e. The molecule has 0 radical (unpaired) electrons. The fraction of sp³-hybridized carbons (Fsp3) is 0.600. The molecule has 0 spiro atoms. The Balaban J connectivity index is 1.87. The third-order valence-electron chi connectivity index (χ3n) is 4.12. The van der Waals surface area contributed by atoms with Crippen molar-refractivity contribution in [2.24, 2.45) is 11.8 Å². The van der Waals surface area contributed by atoms with Gasteiger partial charge in [0.25, 0.3) is 0 Å². The molecular formula is C15H22N2O4. The maximum atomic E-state index is 12.2. The first-order chi connectivity index (χ1) is 9.99. The van der Waals surface area contributed by atoms with Crippen molar-refractivity contribution in [1.29, 1.82) is 0 Å². The minimum atomic E-state index is -0.799. The van der Waals surface area contributed by atoms with E-state index in [4.69, 9.17) is 9.52 Å². The summed E-state index contributed by atoms with van der Waals surface area (Å²) in [4.78, 5) is 25.1. The zero-order valence-corrected chi connectivity index (χ0v) is 12.4. The van der Waals surface area contributed by atoms with Gasteiger partial charge in [-0.15, -0.1) is 0 Å². The predicted molar refractivity (Wildman–Crippen MR) is 76.6 cm³/mol. The van der Waals surface area contributed by atoms with Gasteiger partial charge in [-0.05, 0) is 45.5 Å². The van der Waals surface area contributed by atoms with E-state index in [1.165, 1.54) is 0 Å². The molecule has 2 rings (SSSR count). The molecular weight excluding hydrogens is 272 g/mol. The molecule has 1 aliphatic rings. The monoisotopic (exact) mass is 294 g/mol. The summed E-state index contributed by atoms with van der Waals surface area (Å²) in [6, 6.07) is 3.68. The number of carboxylic acids is 1. The maximum Gasteiger partial charge on any atom is 0.306 e. The number of nitrogens with zero attached hydrogens (tertiary/aromatic N) is 1. The van der Waals surface area contributed by atoms with E-state index in [1.54, 1.807) is 6.26 Å². The van der Waals surface area contributed by atoms with Crippen LogP contribution >= 0.6 is 0 Å². The second kappa shape index (κ2) is 6.76. The molecule has 1 aromatic heterocycles. The Kier molecular flexibility index (Phi) is 5.01. The summed E-state index contributed by atoms with van der Waals surface area (Å²) in [5.74, 6) is -0.625. The van der Waals surface area contributed by atoms with Crippen molar-refractivity contribution in [3.8, 4) is 0 Å². The molecule has 1 fully saturated rings. The summed E-state index contributed by atoms with van der Waals surface area (Å²) >= 11 is 0. The number of carbonyl (C=O) groups excluding carboxylic acids is 1. The van der Waals surface area contributed by atoms with Crippen molar-refractivity contribution >= 4 is 11.9 Å². The van der Waals surface area contributed by atoms with Gasteiger partial charge in [-0.25, -0.2) is 0 Å². The zero-order valence-electron chi connectivity index (χ0n) is 12.4. The van der Waals surface area contributed by atoms with Crippen molar-refractivity contribution in [2.75, 3.05) is 20.6 Å². The van der Waals surface area contributed by atoms with E-state index in [1.807, 2.05) is 31.1 Å². The van der Waals surface area contributed by atoms with Crippen LogP contribution in [-0.2, 0) is 9.59 Å². The molecule has 6 heteroatoms. The first-order valence-corrected chi connectivity index (χ1v) is 7.19. The average molecular weight is 294 g/mol. The molecule has 1 amide bonds. The van der Waals surface area contributed by atoms with Gasteiger partial charge >= 0.3 is 5.97 Å². The summed E-state index contributed by atoms with van der Waals surface area (Å²) < 4.78 is 5.39. The zero-order chi connectivity index (χ0) is 15.4. The van der Waals surface area contributed by atoms with Crippen molar-refractivity contribution in [1.82, 2.24) is 10.2 Å². The summed E-state index contributed by atoms with van der Waals surface area (Å²) in [5, 5.41) is 11.9. The number of aliphatic carboxylic acids is 1. The lowest BCUT2D eigenvalue weighted by Crippen LogP contribution is -2.37. The standard InChI is InChI=1S/C15H22N2O4/c1-17(2)12(13-4-3-7-21-13)9-16-14(18)10-5-6-11(8-10)15(19)20/h3-4,7,10-12H,5-6,8-9H2,1-2H3,(H,16,18)(H,19,20). The lowest BCUT2D eigenvalue weighted by atomic mass is 10.0. The van der Waals surface area contributed by atoms with Crippen LogP contribution in [0.4, 0.5) is 0 Å². The highest BCUT2D eigenvalue weighted by atomic mass is 16.4.